The standard InChI is InChI=1S/C24H20N6O/c1-17-7-5-10-19-13-21(23-26-27-28-30(23)22(17)19)16-29(15-18-8-3-2-4-9-18)24(31)20-11-6-12-25-14-20/h2-14H,15-16H2,1H3. The van der Waals surface area contributed by atoms with Crippen LogP contribution in [0.5, 0.6) is 0 Å². The molecule has 152 valence electrons. The molecule has 0 saturated heterocycles. The predicted octanol–water partition coefficient (Wildman–Crippen LogP) is 3.82. The van der Waals surface area contributed by atoms with Crippen LogP contribution in [0.15, 0.2) is 79.1 Å². The fraction of sp³-hybridized carbons (Fsp3) is 0.125. The molecule has 0 unspecified atom stereocenters. The molecular weight excluding hydrogens is 388 g/mol. The lowest BCUT2D eigenvalue weighted by molar-refractivity contribution is 0.0730. The number of nitrogens with zero attached hydrogens (tertiary/aromatic N) is 6. The maximum atomic E-state index is 13.4. The van der Waals surface area contributed by atoms with Gasteiger partial charge in [0, 0.05) is 29.9 Å². The number of tetrazole rings is 1. The molecule has 0 radical (unpaired) electrons. The molecule has 2 aromatic carbocycles. The number of carbonyl (C=O) groups is 1. The zero-order valence-corrected chi connectivity index (χ0v) is 17.0. The third-order valence-corrected chi connectivity index (χ3v) is 5.34. The molecule has 0 saturated carbocycles. The minimum atomic E-state index is -0.0908. The van der Waals surface area contributed by atoms with E-state index in [0.717, 1.165) is 27.6 Å². The quantitative estimate of drug-likeness (QED) is 0.442. The van der Waals surface area contributed by atoms with E-state index in [1.165, 1.54) is 0 Å². The van der Waals surface area contributed by atoms with Crippen molar-refractivity contribution in [2.24, 2.45) is 0 Å². The summed E-state index contributed by atoms with van der Waals surface area (Å²) in [5, 5.41) is 13.4. The molecule has 0 aliphatic carbocycles. The van der Waals surface area contributed by atoms with Crippen molar-refractivity contribution in [3.05, 3.63) is 101 Å². The van der Waals surface area contributed by atoms with Gasteiger partial charge in [-0.05, 0) is 46.7 Å². The molecule has 0 N–H and O–H groups in total. The number of pyridine rings is 2. The third-order valence-electron chi connectivity index (χ3n) is 5.34. The summed E-state index contributed by atoms with van der Waals surface area (Å²) in [4.78, 5) is 19.3. The van der Waals surface area contributed by atoms with E-state index in [0.29, 0.717) is 24.3 Å². The van der Waals surface area contributed by atoms with Gasteiger partial charge in [-0.15, -0.1) is 5.10 Å². The third kappa shape index (κ3) is 3.61. The molecule has 0 aliphatic heterocycles. The van der Waals surface area contributed by atoms with Gasteiger partial charge in [-0.1, -0.05) is 48.5 Å². The number of para-hydroxylation sites is 1. The Morgan fingerprint density at radius 2 is 1.87 bits per heavy atom. The van der Waals surface area contributed by atoms with Gasteiger partial charge in [0.1, 0.15) is 0 Å². The lowest BCUT2D eigenvalue weighted by atomic mass is 10.1. The van der Waals surface area contributed by atoms with Gasteiger partial charge in [0.25, 0.3) is 5.91 Å². The summed E-state index contributed by atoms with van der Waals surface area (Å²) < 4.78 is 1.76. The highest BCUT2D eigenvalue weighted by Crippen LogP contribution is 2.24. The Labute approximate surface area is 179 Å². The monoisotopic (exact) mass is 408 g/mol. The molecule has 0 atom stereocenters. The Morgan fingerprint density at radius 3 is 2.68 bits per heavy atom. The molecule has 1 amide bonds. The number of carbonyl (C=O) groups excluding carboxylic acids is 1. The first-order chi connectivity index (χ1) is 15.2. The second-order valence-corrected chi connectivity index (χ2v) is 7.49. The second kappa shape index (κ2) is 7.95. The Hall–Kier alpha value is -4.13. The highest BCUT2D eigenvalue weighted by molar-refractivity contribution is 5.94. The minimum absolute atomic E-state index is 0.0908. The van der Waals surface area contributed by atoms with Gasteiger partial charge in [0.05, 0.1) is 17.6 Å². The number of benzene rings is 2. The fourth-order valence-electron chi connectivity index (χ4n) is 3.87. The lowest BCUT2D eigenvalue weighted by Gasteiger charge is -2.23. The SMILES string of the molecule is Cc1cccc2cc(CN(Cc3ccccc3)C(=O)c3cccnc3)c3nnnn3c12. The molecule has 7 heteroatoms. The van der Waals surface area contributed by atoms with Gasteiger partial charge in [0.2, 0.25) is 0 Å². The van der Waals surface area contributed by atoms with Crippen molar-refractivity contribution in [3.8, 4) is 0 Å². The highest BCUT2D eigenvalue weighted by Gasteiger charge is 2.20. The van der Waals surface area contributed by atoms with E-state index in [9.17, 15) is 4.79 Å². The first-order valence-electron chi connectivity index (χ1n) is 10.0. The van der Waals surface area contributed by atoms with Crippen LogP contribution < -0.4 is 0 Å². The van der Waals surface area contributed by atoms with Crippen LogP contribution in [0.3, 0.4) is 0 Å². The van der Waals surface area contributed by atoms with E-state index in [4.69, 9.17) is 0 Å². The van der Waals surface area contributed by atoms with Crippen LogP contribution in [0.1, 0.15) is 27.0 Å². The topological polar surface area (TPSA) is 76.3 Å². The normalized spacial score (nSPS) is 11.1. The maximum absolute atomic E-state index is 13.4. The Balaban J connectivity index is 1.59. The largest absolute Gasteiger partial charge is 0.330 e. The molecule has 0 fully saturated rings. The molecule has 0 aliphatic rings. The lowest BCUT2D eigenvalue weighted by Crippen LogP contribution is -2.30. The average molecular weight is 408 g/mol. The van der Waals surface area contributed by atoms with E-state index in [1.54, 1.807) is 33.9 Å². The van der Waals surface area contributed by atoms with E-state index in [1.807, 2.05) is 55.5 Å². The summed E-state index contributed by atoms with van der Waals surface area (Å²) in [7, 11) is 0. The van der Waals surface area contributed by atoms with Crippen LogP contribution in [0.4, 0.5) is 0 Å². The van der Waals surface area contributed by atoms with E-state index >= 15 is 0 Å². The van der Waals surface area contributed by atoms with E-state index < -0.39 is 0 Å². The summed E-state index contributed by atoms with van der Waals surface area (Å²) in [5.41, 5.74) is 5.20. The molecule has 7 nitrogen and oxygen atoms in total. The number of aryl methyl sites for hydroxylation is 1. The molecule has 31 heavy (non-hydrogen) atoms. The van der Waals surface area contributed by atoms with Crippen molar-refractivity contribution >= 4 is 22.5 Å². The van der Waals surface area contributed by atoms with Crippen molar-refractivity contribution in [2.75, 3.05) is 0 Å². The number of fused-ring (bicyclic) bond motifs is 3. The Kier molecular flexibility index (Phi) is 4.84. The first kappa shape index (κ1) is 18.9. The van der Waals surface area contributed by atoms with Crippen molar-refractivity contribution in [1.82, 2.24) is 29.9 Å². The first-order valence-corrected chi connectivity index (χ1v) is 10.0. The summed E-state index contributed by atoms with van der Waals surface area (Å²) >= 11 is 0. The summed E-state index contributed by atoms with van der Waals surface area (Å²) in [6.07, 6.45) is 3.26. The predicted molar refractivity (Wildman–Crippen MR) is 117 cm³/mol. The zero-order chi connectivity index (χ0) is 21.2. The number of hydrogen-bond donors (Lipinski definition) is 0. The number of hydrogen-bond acceptors (Lipinski definition) is 5. The summed E-state index contributed by atoms with van der Waals surface area (Å²) in [6.45, 7) is 2.88. The molecule has 5 aromatic rings. The van der Waals surface area contributed by atoms with Crippen molar-refractivity contribution in [1.29, 1.82) is 0 Å². The molecular formula is C24H20N6O. The molecule has 3 aromatic heterocycles. The smallest absolute Gasteiger partial charge is 0.256 e. The molecule has 0 bridgehead atoms. The van der Waals surface area contributed by atoms with Crippen LogP contribution in [0.2, 0.25) is 0 Å². The average Bonchev–Trinajstić information content (AvgIpc) is 3.30. The zero-order valence-electron chi connectivity index (χ0n) is 17.0. The fourth-order valence-corrected chi connectivity index (χ4v) is 3.87. The second-order valence-electron chi connectivity index (χ2n) is 7.49. The molecule has 0 spiro atoms. The molecule has 3 heterocycles. The molecule has 5 rings (SSSR count). The summed E-state index contributed by atoms with van der Waals surface area (Å²) in [5.74, 6) is -0.0908. The van der Waals surface area contributed by atoms with Gasteiger partial charge in [0.15, 0.2) is 5.65 Å². The highest BCUT2D eigenvalue weighted by atomic mass is 16.2. The summed E-state index contributed by atoms with van der Waals surface area (Å²) in [6, 6.07) is 21.7. The van der Waals surface area contributed by atoms with Crippen molar-refractivity contribution in [2.45, 2.75) is 20.0 Å². The van der Waals surface area contributed by atoms with E-state index in [2.05, 4.69) is 26.6 Å². The van der Waals surface area contributed by atoms with Crippen LogP contribution in [-0.2, 0) is 13.1 Å². The van der Waals surface area contributed by atoms with Gasteiger partial charge in [-0.2, -0.15) is 4.52 Å². The number of aromatic nitrogens is 5. The van der Waals surface area contributed by atoms with Gasteiger partial charge < -0.3 is 4.90 Å². The van der Waals surface area contributed by atoms with Crippen LogP contribution in [-0.4, -0.2) is 35.8 Å². The number of amides is 1. The Bertz CT molecular complexity index is 1360. The van der Waals surface area contributed by atoms with Crippen LogP contribution >= 0.6 is 0 Å². The minimum Gasteiger partial charge on any atom is -0.330 e. The van der Waals surface area contributed by atoms with Gasteiger partial charge in [-0.3, -0.25) is 9.78 Å². The van der Waals surface area contributed by atoms with Crippen molar-refractivity contribution < 1.29 is 4.79 Å². The van der Waals surface area contributed by atoms with Crippen LogP contribution in [0.25, 0.3) is 16.6 Å². The number of rotatable bonds is 5. The Morgan fingerprint density at radius 1 is 1.00 bits per heavy atom. The maximum Gasteiger partial charge on any atom is 0.256 e. The van der Waals surface area contributed by atoms with Crippen molar-refractivity contribution in [3.63, 3.8) is 0 Å². The van der Waals surface area contributed by atoms with Gasteiger partial charge in [-0.25, -0.2) is 0 Å². The van der Waals surface area contributed by atoms with Gasteiger partial charge >= 0.3 is 0 Å². The van der Waals surface area contributed by atoms with E-state index in [-0.39, 0.29) is 5.91 Å². The van der Waals surface area contributed by atoms with Crippen LogP contribution in [0, 0.1) is 6.92 Å².